The van der Waals surface area contributed by atoms with Gasteiger partial charge in [-0.25, -0.2) is 4.68 Å². The van der Waals surface area contributed by atoms with Gasteiger partial charge in [-0.1, -0.05) is 29.3 Å². The highest BCUT2D eigenvalue weighted by atomic mass is 35.5. The quantitative estimate of drug-likeness (QED) is 0.685. The summed E-state index contributed by atoms with van der Waals surface area (Å²) in [5.74, 6) is -0.0148. The van der Waals surface area contributed by atoms with Gasteiger partial charge in [0.25, 0.3) is 5.56 Å². The topological polar surface area (TPSA) is 70.4 Å². The van der Waals surface area contributed by atoms with E-state index in [-0.39, 0.29) is 17.0 Å². The standard InChI is InChI=1S/C17H13Cl2N3O2/c1-10-14(9-20-15-8-12(19)5-6-16(15)23)17(24)22(21-10)13-4-2-3-11(18)7-13/h2-9,21,23H,1H3. The van der Waals surface area contributed by atoms with Crippen LogP contribution in [0.4, 0.5) is 5.69 Å². The zero-order valence-electron chi connectivity index (χ0n) is 12.6. The van der Waals surface area contributed by atoms with Crippen molar-refractivity contribution in [1.29, 1.82) is 0 Å². The lowest BCUT2D eigenvalue weighted by atomic mass is 10.2. The highest BCUT2D eigenvalue weighted by Gasteiger charge is 2.11. The maximum atomic E-state index is 12.6. The molecule has 5 nitrogen and oxygen atoms in total. The monoisotopic (exact) mass is 361 g/mol. The van der Waals surface area contributed by atoms with E-state index in [1.165, 1.54) is 23.0 Å². The summed E-state index contributed by atoms with van der Waals surface area (Å²) in [4.78, 5) is 16.7. The van der Waals surface area contributed by atoms with Gasteiger partial charge in [0.05, 0.1) is 11.3 Å². The van der Waals surface area contributed by atoms with Crippen molar-refractivity contribution in [3.63, 3.8) is 0 Å². The van der Waals surface area contributed by atoms with Gasteiger partial charge in [-0.05, 0) is 43.3 Å². The van der Waals surface area contributed by atoms with E-state index in [0.717, 1.165) is 0 Å². The van der Waals surface area contributed by atoms with E-state index in [0.29, 0.717) is 27.0 Å². The number of nitrogens with zero attached hydrogens (tertiary/aromatic N) is 2. The molecule has 0 fully saturated rings. The number of rotatable bonds is 3. The number of aromatic amines is 1. The second-order valence-electron chi connectivity index (χ2n) is 5.16. The first-order chi connectivity index (χ1) is 11.5. The van der Waals surface area contributed by atoms with Crippen LogP contribution in [0.2, 0.25) is 10.0 Å². The third-order valence-electron chi connectivity index (χ3n) is 3.45. The smallest absolute Gasteiger partial charge is 0.280 e. The summed E-state index contributed by atoms with van der Waals surface area (Å²) in [7, 11) is 0. The van der Waals surface area contributed by atoms with Gasteiger partial charge in [-0.2, -0.15) is 0 Å². The number of hydrogen-bond donors (Lipinski definition) is 2. The van der Waals surface area contributed by atoms with Gasteiger partial charge >= 0.3 is 0 Å². The predicted octanol–water partition coefficient (Wildman–Crippen LogP) is 4.24. The Hall–Kier alpha value is -2.50. The average Bonchev–Trinajstić information content (AvgIpc) is 2.83. The van der Waals surface area contributed by atoms with Crippen LogP contribution in [0.1, 0.15) is 11.3 Å². The zero-order valence-corrected chi connectivity index (χ0v) is 14.1. The Morgan fingerprint density at radius 2 is 1.92 bits per heavy atom. The van der Waals surface area contributed by atoms with Crippen LogP contribution in [-0.4, -0.2) is 21.1 Å². The van der Waals surface area contributed by atoms with Crippen molar-refractivity contribution in [2.24, 2.45) is 4.99 Å². The van der Waals surface area contributed by atoms with Crippen molar-refractivity contribution in [3.8, 4) is 11.4 Å². The molecule has 0 unspecified atom stereocenters. The minimum Gasteiger partial charge on any atom is -0.506 e. The van der Waals surface area contributed by atoms with E-state index >= 15 is 0 Å². The SMILES string of the molecule is Cc1[nH]n(-c2cccc(Cl)c2)c(=O)c1C=Nc1cc(Cl)ccc1O. The second kappa shape index (κ2) is 6.55. The summed E-state index contributed by atoms with van der Waals surface area (Å²) in [6, 6.07) is 11.5. The zero-order chi connectivity index (χ0) is 17.3. The minimum absolute atomic E-state index is 0.0148. The van der Waals surface area contributed by atoms with Crippen LogP contribution in [0.15, 0.2) is 52.3 Å². The number of H-pyrrole nitrogens is 1. The van der Waals surface area contributed by atoms with Crippen molar-refractivity contribution < 1.29 is 5.11 Å². The fourth-order valence-electron chi connectivity index (χ4n) is 2.24. The van der Waals surface area contributed by atoms with E-state index < -0.39 is 0 Å². The molecule has 0 atom stereocenters. The van der Waals surface area contributed by atoms with E-state index in [1.54, 1.807) is 37.3 Å². The number of aromatic nitrogens is 2. The molecule has 7 heteroatoms. The first-order valence-electron chi connectivity index (χ1n) is 7.06. The number of nitrogens with one attached hydrogen (secondary N) is 1. The molecule has 0 bridgehead atoms. The van der Waals surface area contributed by atoms with Gasteiger partial charge in [0.2, 0.25) is 0 Å². The van der Waals surface area contributed by atoms with Gasteiger partial charge < -0.3 is 5.11 Å². The molecule has 2 N–H and O–H groups in total. The number of hydrogen-bond acceptors (Lipinski definition) is 3. The molecule has 0 spiro atoms. The normalized spacial score (nSPS) is 11.3. The molecule has 0 amide bonds. The van der Waals surface area contributed by atoms with Crippen LogP contribution >= 0.6 is 23.2 Å². The molecule has 122 valence electrons. The summed E-state index contributed by atoms with van der Waals surface area (Å²) in [6.45, 7) is 1.77. The summed E-state index contributed by atoms with van der Waals surface area (Å²) in [5, 5.41) is 13.8. The van der Waals surface area contributed by atoms with Gasteiger partial charge in [-0.15, -0.1) is 0 Å². The second-order valence-corrected chi connectivity index (χ2v) is 6.04. The van der Waals surface area contributed by atoms with E-state index in [1.807, 2.05) is 0 Å². The van der Waals surface area contributed by atoms with E-state index in [2.05, 4.69) is 10.1 Å². The lowest BCUT2D eigenvalue weighted by Crippen LogP contribution is -2.17. The Kier molecular flexibility index (Phi) is 4.46. The maximum absolute atomic E-state index is 12.6. The molecule has 3 rings (SSSR count). The van der Waals surface area contributed by atoms with Crippen LogP contribution in [0, 0.1) is 6.92 Å². The average molecular weight is 362 g/mol. The summed E-state index contributed by atoms with van der Waals surface area (Å²) < 4.78 is 1.39. The number of phenols is 1. The number of aliphatic imine (C=N–C) groups is 1. The summed E-state index contributed by atoms with van der Waals surface area (Å²) >= 11 is 11.9. The highest BCUT2D eigenvalue weighted by molar-refractivity contribution is 6.31. The van der Waals surface area contributed by atoms with Crippen molar-refractivity contribution in [2.75, 3.05) is 0 Å². The summed E-state index contributed by atoms with van der Waals surface area (Å²) in [6.07, 6.45) is 1.40. The fraction of sp³-hybridized carbons (Fsp3) is 0.0588. The van der Waals surface area contributed by atoms with Crippen molar-refractivity contribution >= 4 is 35.1 Å². The summed E-state index contributed by atoms with van der Waals surface area (Å²) in [5.41, 5.74) is 1.68. The van der Waals surface area contributed by atoms with Gasteiger partial charge in [0, 0.05) is 22.0 Å². The molecule has 1 aromatic heterocycles. The van der Waals surface area contributed by atoms with Crippen LogP contribution in [0.25, 0.3) is 5.69 Å². The Morgan fingerprint density at radius 3 is 2.67 bits per heavy atom. The molecule has 3 aromatic rings. The molecule has 2 aromatic carbocycles. The molecule has 0 aliphatic rings. The number of benzene rings is 2. The van der Waals surface area contributed by atoms with Crippen LogP contribution in [-0.2, 0) is 0 Å². The van der Waals surface area contributed by atoms with Gasteiger partial charge in [0.15, 0.2) is 0 Å². The largest absolute Gasteiger partial charge is 0.506 e. The Labute approximate surface area is 147 Å². The third-order valence-corrected chi connectivity index (χ3v) is 3.92. The van der Waals surface area contributed by atoms with Crippen LogP contribution in [0.3, 0.4) is 0 Å². The molecule has 24 heavy (non-hydrogen) atoms. The molecule has 0 aliphatic carbocycles. The number of aromatic hydroxyl groups is 1. The van der Waals surface area contributed by atoms with Crippen molar-refractivity contribution in [2.45, 2.75) is 6.92 Å². The molecule has 0 aliphatic heterocycles. The van der Waals surface area contributed by atoms with Crippen molar-refractivity contribution in [1.82, 2.24) is 9.78 Å². The number of halogens is 2. The van der Waals surface area contributed by atoms with E-state index in [9.17, 15) is 9.90 Å². The van der Waals surface area contributed by atoms with Crippen molar-refractivity contribution in [3.05, 3.63) is 74.1 Å². The first kappa shape index (κ1) is 16.4. The minimum atomic E-state index is -0.264. The Bertz CT molecular complexity index is 990. The van der Waals surface area contributed by atoms with Gasteiger partial charge in [0.1, 0.15) is 11.4 Å². The lowest BCUT2D eigenvalue weighted by Gasteiger charge is -2.01. The number of aryl methyl sites for hydroxylation is 1. The Morgan fingerprint density at radius 1 is 1.17 bits per heavy atom. The van der Waals surface area contributed by atoms with Crippen LogP contribution < -0.4 is 5.56 Å². The molecular weight excluding hydrogens is 349 g/mol. The highest BCUT2D eigenvalue weighted by Crippen LogP contribution is 2.29. The Balaban J connectivity index is 2.02. The first-order valence-corrected chi connectivity index (χ1v) is 7.81. The predicted molar refractivity (Wildman–Crippen MR) is 96.5 cm³/mol. The molecule has 1 heterocycles. The third kappa shape index (κ3) is 3.22. The maximum Gasteiger partial charge on any atom is 0.280 e. The molecular formula is C17H13Cl2N3O2. The lowest BCUT2D eigenvalue weighted by molar-refractivity contribution is 0.477. The molecule has 0 saturated heterocycles. The van der Waals surface area contributed by atoms with Gasteiger partial charge in [-0.3, -0.25) is 14.9 Å². The van der Waals surface area contributed by atoms with Crippen LogP contribution in [0.5, 0.6) is 5.75 Å². The fourth-order valence-corrected chi connectivity index (χ4v) is 2.59. The molecule has 0 radical (unpaired) electrons. The number of phenolic OH excluding ortho intramolecular Hbond substituents is 1. The molecule has 0 saturated carbocycles. The van der Waals surface area contributed by atoms with E-state index in [4.69, 9.17) is 23.2 Å².